The number of hydrogen-bond acceptors (Lipinski definition) is 6. The van der Waals surface area contributed by atoms with E-state index in [9.17, 15) is 18.0 Å². The van der Waals surface area contributed by atoms with Crippen molar-refractivity contribution in [2.75, 3.05) is 19.8 Å². The normalized spacial score (nSPS) is 19.6. The number of amides is 1. The molecule has 1 aliphatic heterocycles. The Labute approximate surface area is 206 Å². The number of aliphatic hydroxyl groups excluding tert-OH is 1. The van der Waals surface area contributed by atoms with E-state index >= 15 is 0 Å². The average Bonchev–Trinajstić information content (AvgIpc) is 3.54. The van der Waals surface area contributed by atoms with Crippen LogP contribution in [-0.4, -0.2) is 51.8 Å². The molecule has 1 amide bonds. The first-order valence-electron chi connectivity index (χ1n) is 12.2. The molecule has 0 radical (unpaired) electrons. The number of aliphatic hydroxyl groups is 1. The molecule has 1 saturated carbocycles. The van der Waals surface area contributed by atoms with Crippen molar-refractivity contribution < 1.29 is 32.3 Å². The van der Waals surface area contributed by atoms with Crippen molar-refractivity contribution in [3.63, 3.8) is 0 Å². The number of carbonyl (C=O) groups is 1. The van der Waals surface area contributed by atoms with E-state index < -0.39 is 30.3 Å². The molecule has 1 atom stereocenters. The third kappa shape index (κ3) is 6.15. The number of nitrogens with zero attached hydrogens (tertiary/aromatic N) is 4. The van der Waals surface area contributed by atoms with Gasteiger partial charge in [0.25, 0.3) is 5.91 Å². The van der Waals surface area contributed by atoms with E-state index in [0.717, 1.165) is 25.3 Å². The number of rotatable bonds is 7. The first-order chi connectivity index (χ1) is 17.3. The summed E-state index contributed by atoms with van der Waals surface area (Å²) in [5.74, 6) is -0.446. The van der Waals surface area contributed by atoms with Gasteiger partial charge in [0.05, 0.1) is 12.2 Å². The minimum atomic E-state index is -4.62. The highest BCUT2D eigenvalue weighted by molar-refractivity contribution is 5.93. The molecule has 2 fully saturated rings. The summed E-state index contributed by atoms with van der Waals surface area (Å²) >= 11 is 0. The zero-order valence-corrected chi connectivity index (χ0v) is 19.8. The Morgan fingerprint density at radius 2 is 2.00 bits per heavy atom. The van der Waals surface area contributed by atoms with Gasteiger partial charge < -0.3 is 25.0 Å². The van der Waals surface area contributed by atoms with Gasteiger partial charge in [-0.1, -0.05) is 37.3 Å². The van der Waals surface area contributed by atoms with Crippen LogP contribution in [0.1, 0.15) is 68.9 Å². The van der Waals surface area contributed by atoms with Crippen LogP contribution < -0.4 is 10.5 Å². The first-order valence-corrected chi connectivity index (χ1v) is 12.2. The highest BCUT2D eigenvalue weighted by Gasteiger charge is 2.36. The van der Waals surface area contributed by atoms with Crippen molar-refractivity contribution in [1.29, 1.82) is 0 Å². The van der Waals surface area contributed by atoms with Crippen LogP contribution >= 0.6 is 0 Å². The van der Waals surface area contributed by atoms with Crippen LogP contribution in [0.25, 0.3) is 11.4 Å². The van der Waals surface area contributed by atoms with Crippen molar-refractivity contribution in [2.24, 2.45) is 16.6 Å². The molecule has 4 rings (SSSR count). The number of guanidine groups is 1. The molecule has 1 aromatic carbocycles. The van der Waals surface area contributed by atoms with E-state index in [-0.39, 0.29) is 35.6 Å². The molecule has 0 spiro atoms. The molecule has 2 aliphatic rings. The van der Waals surface area contributed by atoms with Crippen molar-refractivity contribution in [2.45, 2.75) is 63.6 Å². The maximum absolute atomic E-state index is 13.8. The van der Waals surface area contributed by atoms with Gasteiger partial charge in [-0.25, -0.2) is 0 Å². The largest absolute Gasteiger partial charge is 0.493 e. The van der Waals surface area contributed by atoms with Gasteiger partial charge in [-0.2, -0.15) is 23.1 Å². The molecule has 3 N–H and O–H groups in total. The smallest absolute Gasteiger partial charge is 0.419 e. The first kappa shape index (κ1) is 25.9. The summed E-state index contributed by atoms with van der Waals surface area (Å²) in [4.78, 5) is 20.9. The fourth-order valence-electron chi connectivity index (χ4n) is 4.84. The van der Waals surface area contributed by atoms with Crippen LogP contribution in [0.3, 0.4) is 0 Å². The van der Waals surface area contributed by atoms with Crippen LogP contribution in [0.15, 0.2) is 27.7 Å². The summed E-state index contributed by atoms with van der Waals surface area (Å²) in [5, 5.41) is 12.8. The lowest BCUT2D eigenvalue weighted by Gasteiger charge is -2.22. The molecule has 2 heterocycles. The Morgan fingerprint density at radius 1 is 1.22 bits per heavy atom. The van der Waals surface area contributed by atoms with E-state index in [1.54, 1.807) is 4.90 Å². The van der Waals surface area contributed by atoms with Gasteiger partial charge in [-0.05, 0) is 43.4 Å². The van der Waals surface area contributed by atoms with Crippen molar-refractivity contribution in [3.8, 4) is 17.1 Å². The quantitative estimate of drug-likeness (QED) is 0.422. The number of aliphatic imine (C=N–C) groups is 1. The molecule has 196 valence electrons. The number of carbonyl (C=O) groups excluding carboxylic acids is 1. The summed E-state index contributed by atoms with van der Waals surface area (Å²) in [6.45, 7) is -0.0635. The van der Waals surface area contributed by atoms with E-state index in [2.05, 4.69) is 15.1 Å². The van der Waals surface area contributed by atoms with E-state index in [1.165, 1.54) is 31.4 Å². The second kappa shape index (κ2) is 11.3. The highest BCUT2D eigenvalue weighted by Crippen LogP contribution is 2.39. The minimum absolute atomic E-state index is 0.00181. The number of aromatic nitrogens is 2. The van der Waals surface area contributed by atoms with Gasteiger partial charge in [0.2, 0.25) is 11.7 Å². The summed E-state index contributed by atoms with van der Waals surface area (Å²) in [6, 6.07) is 3.25. The molecule has 1 unspecified atom stereocenters. The zero-order chi connectivity index (χ0) is 25.7. The Bertz CT molecular complexity index is 1080. The van der Waals surface area contributed by atoms with Gasteiger partial charge in [-0.15, -0.1) is 0 Å². The Kier molecular flexibility index (Phi) is 8.12. The van der Waals surface area contributed by atoms with Crippen LogP contribution in [0.5, 0.6) is 5.75 Å². The Balaban J connectivity index is 1.50. The Morgan fingerprint density at radius 3 is 2.72 bits per heavy atom. The van der Waals surface area contributed by atoms with Crippen molar-refractivity contribution in [1.82, 2.24) is 15.0 Å². The third-order valence-corrected chi connectivity index (χ3v) is 6.70. The zero-order valence-electron chi connectivity index (χ0n) is 19.8. The average molecular weight is 510 g/mol. The lowest BCUT2D eigenvalue weighted by atomic mass is 9.87. The van der Waals surface area contributed by atoms with Crippen LogP contribution in [0.4, 0.5) is 13.2 Å². The van der Waals surface area contributed by atoms with Crippen LogP contribution in [0.2, 0.25) is 0 Å². The number of benzene rings is 1. The lowest BCUT2D eigenvalue weighted by molar-refractivity contribution is -0.139. The van der Waals surface area contributed by atoms with Gasteiger partial charge in [0.1, 0.15) is 18.4 Å². The molecule has 36 heavy (non-hydrogen) atoms. The standard InChI is InChI=1S/C24H30F3N5O4/c25-24(26,27)17-13-16(8-9-19(17)35-12-10-15-5-2-1-3-6-15)21-30-22(36-31-21)18-7-4-11-32(18)23(28)29-20(34)14-33/h8-9,13,15,18,33H,1-7,10-12,14H2,(H2,28,29,34). The number of halogens is 3. The van der Waals surface area contributed by atoms with Gasteiger partial charge >= 0.3 is 6.18 Å². The SMILES string of the molecule is NC(=NC(=O)CO)N1CCCC1c1nc(-c2ccc(OCCC3CCCCC3)c(C(F)(F)F)c2)no1. The number of alkyl halides is 3. The highest BCUT2D eigenvalue weighted by atomic mass is 19.4. The van der Waals surface area contributed by atoms with Gasteiger partial charge in [0.15, 0.2) is 5.96 Å². The summed E-state index contributed by atoms with van der Waals surface area (Å²) in [6.07, 6.45) is 3.15. The predicted octanol–water partition coefficient (Wildman–Crippen LogP) is 4.08. The van der Waals surface area contributed by atoms with Gasteiger partial charge in [-0.3, -0.25) is 4.79 Å². The van der Waals surface area contributed by atoms with Gasteiger partial charge in [0, 0.05) is 12.1 Å². The van der Waals surface area contributed by atoms with E-state index in [4.69, 9.17) is 20.1 Å². The van der Waals surface area contributed by atoms with Crippen LogP contribution in [-0.2, 0) is 11.0 Å². The molecule has 9 nitrogen and oxygen atoms in total. The maximum Gasteiger partial charge on any atom is 0.419 e. The number of hydrogen-bond donors (Lipinski definition) is 2. The topological polar surface area (TPSA) is 127 Å². The van der Waals surface area contributed by atoms with Crippen molar-refractivity contribution in [3.05, 3.63) is 29.7 Å². The number of nitrogens with two attached hydrogens (primary N) is 1. The van der Waals surface area contributed by atoms with Crippen molar-refractivity contribution >= 4 is 11.9 Å². The second-order valence-electron chi connectivity index (χ2n) is 9.18. The monoisotopic (exact) mass is 509 g/mol. The van der Waals surface area contributed by atoms with E-state index in [0.29, 0.717) is 25.3 Å². The molecule has 1 aromatic heterocycles. The maximum atomic E-state index is 13.8. The molecule has 2 aromatic rings. The van der Waals surface area contributed by atoms with E-state index in [1.807, 2.05) is 0 Å². The fraction of sp³-hybridized carbons (Fsp3) is 0.583. The molecule has 12 heteroatoms. The second-order valence-corrected chi connectivity index (χ2v) is 9.18. The Hall–Kier alpha value is -3.15. The molecule has 0 bridgehead atoms. The molecular weight excluding hydrogens is 479 g/mol. The molecule has 1 saturated heterocycles. The fourth-order valence-corrected chi connectivity index (χ4v) is 4.84. The summed E-state index contributed by atoms with van der Waals surface area (Å²) in [5.41, 5.74) is 5.13. The molecular formula is C24H30F3N5O4. The molecule has 1 aliphatic carbocycles. The summed E-state index contributed by atoms with van der Waals surface area (Å²) in [7, 11) is 0. The third-order valence-electron chi connectivity index (χ3n) is 6.70. The van der Waals surface area contributed by atoms with Crippen LogP contribution in [0, 0.1) is 5.92 Å². The minimum Gasteiger partial charge on any atom is -0.493 e. The number of ether oxygens (including phenoxy) is 1. The predicted molar refractivity (Wildman–Crippen MR) is 124 cm³/mol. The number of likely N-dealkylation sites (tertiary alicyclic amines) is 1. The summed E-state index contributed by atoms with van der Waals surface area (Å²) < 4.78 is 52.4. The lowest BCUT2D eigenvalue weighted by Crippen LogP contribution is -2.37.